The Hall–Kier alpha value is -3.66. The third-order valence-electron chi connectivity index (χ3n) is 3.61. The monoisotopic (exact) mass is 360 g/mol. The fraction of sp³-hybridized carbons (Fsp3) is 0.0435. The number of carbonyl (C=O) groups excluding carboxylic acids is 1. The van der Waals surface area contributed by atoms with E-state index in [0.717, 1.165) is 28.5 Å². The van der Waals surface area contributed by atoms with Gasteiger partial charge in [-0.1, -0.05) is 72.8 Å². The Morgan fingerprint density at radius 3 is 1.67 bits per heavy atom. The molecule has 0 radical (unpaired) electrons. The second-order valence-electron chi connectivity index (χ2n) is 5.51. The van der Waals surface area contributed by atoms with Gasteiger partial charge in [-0.25, -0.2) is 4.79 Å². The summed E-state index contributed by atoms with van der Waals surface area (Å²) in [7, 11) is 1.59. The average Bonchev–Trinajstić information content (AvgIpc) is 2.74. The molecule has 0 spiro atoms. The van der Waals surface area contributed by atoms with Gasteiger partial charge >= 0.3 is 5.97 Å². The van der Waals surface area contributed by atoms with Gasteiger partial charge in [-0.05, 0) is 23.8 Å². The Kier molecular flexibility index (Phi) is 7.54. The van der Waals surface area contributed by atoms with Crippen molar-refractivity contribution >= 4 is 17.8 Å². The molecule has 3 aromatic carbocycles. The van der Waals surface area contributed by atoms with E-state index in [2.05, 4.69) is 0 Å². The number of carboxylic acid groups (broad SMARTS) is 1. The summed E-state index contributed by atoms with van der Waals surface area (Å²) in [5.74, 6) is -0.116. The van der Waals surface area contributed by atoms with Crippen molar-refractivity contribution in [3.05, 3.63) is 108 Å². The van der Waals surface area contributed by atoms with Crippen LogP contribution in [0.25, 0.3) is 6.08 Å². The van der Waals surface area contributed by atoms with Crippen molar-refractivity contribution in [3.8, 4) is 5.75 Å². The van der Waals surface area contributed by atoms with Gasteiger partial charge in [-0.3, -0.25) is 4.79 Å². The van der Waals surface area contributed by atoms with E-state index in [1.165, 1.54) is 6.08 Å². The maximum absolute atomic E-state index is 11.8. The first-order chi connectivity index (χ1) is 13.1. The number of carboxylic acids is 1. The number of methoxy groups -OCH3 is 1. The largest absolute Gasteiger partial charge is 0.497 e. The Morgan fingerprint density at radius 2 is 1.26 bits per heavy atom. The Bertz CT molecular complexity index is 841. The normalized spacial score (nSPS) is 9.96. The van der Waals surface area contributed by atoms with Crippen molar-refractivity contribution in [3.63, 3.8) is 0 Å². The van der Waals surface area contributed by atoms with Crippen LogP contribution < -0.4 is 4.74 Å². The molecule has 0 fully saturated rings. The molecule has 4 nitrogen and oxygen atoms in total. The third kappa shape index (κ3) is 6.63. The summed E-state index contributed by atoms with van der Waals surface area (Å²) in [6.45, 7) is 0. The van der Waals surface area contributed by atoms with E-state index in [1.54, 1.807) is 31.4 Å². The van der Waals surface area contributed by atoms with Crippen LogP contribution in [0.4, 0.5) is 0 Å². The summed E-state index contributed by atoms with van der Waals surface area (Å²) in [6, 6.07) is 25.7. The minimum absolute atomic E-state index is 0.0752. The van der Waals surface area contributed by atoms with E-state index in [-0.39, 0.29) is 5.78 Å². The SMILES string of the molecule is COc1ccc(C=CC(=O)O)cc1.O=C(c1ccccc1)c1ccccc1. The fourth-order valence-electron chi connectivity index (χ4n) is 2.23. The second-order valence-corrected chi connectivity index (χ2v) is 5.51. The molecule has 0 atom stereocenters. The van der Waals surface area contributed by atoms with E-state index in [9.17, 15) is 9.59 Å². The lowest BCUT2D eigenvalue weighted by atomic mass is 10.0. The number of aliphatic carboxylic acids is 1. The van der Waals surface area contributed by atoms with Gasteiger partial charge in [-0.2, -0.15) is 0 Å². The molecule has 0 bridgehead atoms. The number of benzene rings is 3. The maximum Gasteiger partial charge on any atom is 0.328 e. The first-order valence-corrected chi connectivity index (χ1v) is 8.30. The summed E-state index contributed by atoms with van der Waals surface area (Å²) >= 11 is 0. The highest BCUT2D eigenvalue weighted by atomic mass is 16.5. The van der Waals surface area contributed by atoms with Gasteiger partial charge in [0.2, 0.25) is 0 Å². The van der Waals surface area contributed by atoms with E-state index in [1.807, 2.05) is 60.7 Å². The van der Waals surface area contributed by atoms with Crippen LogP contribution in [0.2, 0.25) is 0 Å². The molecule has 0 aliphatic carbocycles. The molecule has 4 heteroatoms. The van der Waals surface area contributed by atoms with Crippen LogP contribution in [0.5, 0.6) is 5.75 Å². The minimum atomic E-state index is -0.948. The number of ketones is 1. The topological polar surface area (TPSA) is 63.6 Å². The summed E-state index contributed by atoms with van der Waals surface area (Å²) < 4.78 is 4.95. The molecule has 0 amide bonds. The molecule has 1 N–H and O–H groups in total. The van der Waals surface area contributed by atoms with E-state index in [4.69, 9.17) is 9.84 Å². The van der Waals surface area contributed by atoms with Crippen molar-refractivity contribution in [1.29, 1.82) is 0 Å². The van der Waals surface area contributed by atoms with Crippen LogP contribution in [0.15, 0.2) is 91.0 Å². The molecule has 3 rings (SSSR count). The molecule has 0 heterocycles. The Balaban J connectivity index is 0.000000194. The number of hydrogen-bond donors (Lipinski definition) is 1. The molecule has 136 valence electrons. The van der Waals surface area contributed by atoms with Gasteiger partial charge in [0.15, 0.2) is 5.78 Å². The molecule has 0 saturated carbocycles. The standard InChI is InChI=1S/C13H10O.C10H10O3/c14-13(11-7-3-1-4-8-11)12-9-5-2-6-10-12;1-13-9-5-2-8(3-6-9)4-7-10(11)12/h1-10H;2-7H,1H3,(H,11,12). The van der Waals surface area contributed by atoms with Crippen LogP contribution in [0, 0.1) is 0 Å². The predicted octanol–water partition coefficient (Wildman–Crippen LogP) is 4.71. The molecule has 0 unspecified atom stereocenters. The van der Waals surface area contributed by atoms with E-state index in [0.29, 0.717) is 0 Å². The minimum Gasteiger partial charge on any atom is -0.497 e. The van der Waals surface area contributed by atoms with Crippen molar-refractivity contribution in [1.82, 2.24) is 0 Å². The number of carbonyl (C=O) groups is 2. The molecule has 0 aromatic heterocycles. The quantitative estimate of drug-likeness (QED) is 0.529. The average molecular weight is 360 g/mol. The summed E-state index contributed by atoms with van der Waals surface area (Å²) in [5, 5.41) is 8.36. The molecule has 3 aromatic rings. The lowest BCUT2D eigenvalue weighted by molar-refractivity contribution is -0.131. The fourth-order valence-corrected chi connectivity index (χ4v) is 2.23. The highest BCUT2D eigenvalue weighted by Gasteiger charge is 2.06. The third-order valence-corrected chi connectivity index (χ3v) is 3.61. The summed E-state index contributed by atoms with van der Waals surface area (Å²) in [6.07, 6.45) is 2.63. The molecule has 0 aliphatic heterocycles. The van der Waals surface area contributed by atoms with Crippen molar-refractivity contribution < 1.29 is 19.4 Å². The second kappa shape index (κ2) is 10.4. The first-order valence-electron chi connectivity index (χ1n) is 8.30. The molecule has 0 aliphatic rings. The highest BCUT2D eigenvalue weighted by Crippen LogP contribution is 2.12. The van der Waals surface area contributed by atoms with Crippen molar-refractivity contribution in [2.45, 2.75) is 0 Å². The van der Waals surface area contributed by atoms with Crippen LogP contribution in [0.3, 0.4) is 0 Å². The van der Waals surface area contributed by atoms with E-state index < -0.39 is 5.97 Å². The summed E-state index contributed by atoms with van der Waals surface area (Å²) in [5.41, 5.74) is 2.31. The predicted molar refractivity (Wildman–Crippen MR) is 106 cm³/mol. The van der Waals surface area contributed by atoms with Gasteiger partial charge in [0.1, 0.15) is 5.75 Å². The number of rotatable bonds is 5. The zero-order valence-electron chi connectivity index (χ0n) is 14.9. The van der Waals surface area contributed by atoms with Crippen molar-refractivity contribution in [2.24, 2.45) is 0 Å². The highest BCUT2D eigenvalue weighted by molar-refractivity contribution is 6.08. The zero-order chi connectivity index (χ0) is 19.5. The smallest absolute Gasteiger partial charge is 0.328 e. The molecular formula is C23H20O4. The lowest BCUT2D eigenvalue weighted by Crippen LogP contribution is -1.99. The van der Waals surface area contributed by atoms with Gasteiger partial charge in [-0.15, -0.1) is 0 Å². The van der Waals surface area contributed by atoms with Gasteiger partial charge in [0, 0.05) is 17.2 Å². The number of hydrogen-bond acceptors (Lipinski definition) is 3. The van der Waals surface area contributed by atoms with Crippen LogP contribution >= 0.6 is 0 Å². The molecular weight excluding hydrogens is 340 g/mol. The Labute approximate surface area is 158 Å². The van der Waals surface area contributed by atoms with Crippen molar-refractivity contribution in [2.75, 3.05) is 7.11 Å². The maximum atomic E-state index is 11.8. The van der Waals surface area contributed by atoms with Gasteiger partial charge in [0.05, 0.1) is 7.11 Å². The zero-order valence-corrected chi connectivity index (χ0v) is 14.9. The van der Waals surface area contributed by atoms with Crippen LogP contribution in [-0.2, 0) is 4.79 Å². The van der Waals surface area contributed by atoms with E-state index >= 15 is 0 Å². The summed E-state index contributed by atoms with van der Waals surface area (Å²) in [4.78, 5) is 22.0. The van der Waals surface area contributed by atoms with Gasteiger partial charge in [0.25, 0.3) is 0 Å². The Morgan fingerprint density at radius 1 is 0.778 bits per heavy atom. The van der Waals surface area contributed by atoms with Crippen LogP contribution in [-0.4, -0.2) is 24.0 Å². The molecule has 27 heavy (non-hydrogen) atoms. The lowest BCUT2D eigenvalue weighted by Gasteiger charge is -1.99. The molecule has 0 saturated heterocycles. The number of ether oxygens (including phenoxy) is 1. The first kappa shape index (κ1) is 19.7. The van der Waals surface area contributed by atoms with Gasteiger partial charge < -0.3 is 9.84 Å². The van der Waals surface area contributed by atoms with Crippen LogP contribution in [0.1, 0.15) is 21.5 Å².